The lowest BCUT2D eigenvalue weighted by Gasteiger charge is -2.44. The van der Waals surface area contributed by atoms with Gasteiger partial charge in [-0.15, -0.1) is 11.8 Å². The minimum Gasteiger partial charge on any atom is -0.477 e. The van der Waals surface area contributed by atoms with Gasteiger partial charge in [0.1, 0.15) is 12.3 Å². The number of hydrogen-bond donors (Lipinski definition) is 2. The van der Waals surface area contributed by atoms with Crippen molar-refractivity contribution in [2.45, 2.75) is 37.8 Å². The number of pyridine rings is 1. The highest BCUT2D eigenvalue weighted by Crippen LogP contribution is 2.47. The molecule has 3 rings (SSSR count). The number of fused-ring (bicyclic) bond motifs is 1. The van der Waals surface area contributed by atoms with E-state index in [1.54, 1.807) is 14.0 Å². The summed E-state index contributed by atoms with van der Waals surface area (Å²) >= 11 is 1.45. The van der Waals surface area contributed by atoms with Crippen LogP contribution in [0.25, 0.3) is 0 Å². The van der Waals surface area contributed by atoms with Crippen molar-refractivity contribution in [3.63, 3.8) is 0 Å². The molecule has 2 unspecified atom stereocenters. The molecule has 3 heterocycles. The van der Waals surface area contributed by atoms with Crippen LogP contribution >= 0.6 is 11.8 Å². The Hall–Kier alpha value is -1.90. The first-order valence-electron chi connectivity index (χ1n) is 8.52. The summed E-state index contributed by atoms with van der Waals surface area (Å²) in [7, 11) is 1.65. The van der Waals surface area contributed by atoms with Gasteiger partial charge in [0.05, 0.1) is 23.8 Å². The second-order valence-corrected chi connectivity index (χ2v) is 7.56. The van der Waals surface area contributed by atoms with Crippen LogP contribution in [0.5, 0.6) is 0 Å². The average Bonchev–Trinajstić information content (AvgIpc) is 2.93. The number of aliphatic hydroxyl groups is 1. The summed E-state index contributed by atoms with van der Waals surface area (Å²) in [6.45, 7) is 2.89. The van der Waals surface area contributed by atoms with Gasteiger partial charge < -0.3 is 19.8 Å². The zero-order valence-electron chi connectivity index (χ0n) is 14.8. The van der Waals surface area contributed by atoms with E-state index in [-0.39, 0.29) is 17.6 Å². The molecular formula is C18H23N2O5S+. The molecule has 26 heavy (non-hydrogen) atoms. The van der Waals surface area contributed by atoms with Crippen molar-refractivity contribution >= 4 is 23.6 Å². The maximum absolute atomic E-state index is 12.2. The molecule has 7 nitrogen and oxygen atoms in total. The Labute approximate surface area is 156 Å². The van der Waals surface area contributed by atoms with Crippen molar-refractivity contribution < 1.29 is 29.1 Å². The molecule has 140 valence electrons. The molecule has 8 heteroatoms. The first-order valence-corrected chi connectivity index (χ1v) is 9.51. The highest BCUT2D eigenvalue weighted by Gasteiger charge is 2.56. The third-order valence-electron chi connectivity index (χ3n) is 4.86. The van der Waals surface area contributed by atoms with Gasteiger partial charge in [0.2, 0.25) is 5.91 Å². The molecule has 1 aromatic heterocycles. The summed E-state index contributed by atoms with van der Waals surface area (Å²) in [5, 5.41) is 19.4. The molecule has 0 radical (unpaired) electrons. The Morgan fingerprint density at radius 1 is 1.50 bits per heavy atom. The number of β-lactam (4-membered cyclic amide) rings is 1. The molecule has 0 spiro atoms. The molecule has 3 atom stereocenters. The summed E-state index contributed by atoms with van der Waals surface area (Å²) in [4.78, 5) is 26.0. The molecule has 0 bridgehead atoms. The number of ether oxygens (including phenoxy) is 1. The van der Waals surface area contributed by atoms with Crippen molar-refractivity contribution in [1.29, 1.82) is 0 Å². The Morgan fingerprint density at radius 2 is 2.27 bits per heavy atom. The number of methoxy groups -OCH3 is 1. The number of carboxylic acid groups (broad SMARTS) is 1. The summed E-state index contributed by atoms with van der Waals surface area (Å²) in [6.07, 6.45) is 1.68. The number of rotatable bonds is 8. The Morgan fingerprint density at radius 3 is 2.92 bits per heavy atom. The minimum atomic E-state index is -1.09. The summed E-state index contributed by atoms with van der Waals surface area (Å²) < 4.78 is 7.20. The maximum atomic E-state index is 12.2. The number of carbonyl (C=O) groups is 2. The van der Waals surface area contributed by atoms with Crippen molar-refractivity contribution in [3.05, 3.63) is 40.7 Å². The molecule has 1 fully saturated rings. The Bertz CT molecular complexity index is 749. The topological polar surface area (TPSA) is 91.0 Å². The van der Waals surface area contributed by atoms with E-state index in [4.69, 9.17) is 4.74 Å². The van der Waals surface area contributed by atoms with E-state index in [1.807, 2.05) is 24.4 Å². The van der Waals surface area contributed by atoms with Gasteiger partial charge in [-0.3, -0.25) is 4.79 Å². The van der Waals surface area contributed by atoms with E-state index in [0.29, 0.717) is 23.7 Å². The Balaban J connectivity index is 1.76. The molecule has 1 saturated heterocycles. The van der Waals surface area contributed by atoms with Crippen molar-refractivity contribution in [2.24, 2.45) is 5.92 Å². The quantitative estimate of drug-likeness (QED) is 0.512. The maximum Gasteiger partial charge on any atom is 0.353 e. The number of carboxylic acids is 1. The lowest BCUT2D eigenvalue weighted by Crippen LogP contribution is -2.61. The SMILES string of the molecule is COCC[n+]1ccccc1CSC1=C(C(=O)O)N2C(=O)C([C@@H](C)O)C2C1. The lowest BCUT2D eigenvalue weighted by atomic mass is 9.83. The fourth-order valence-corrected chi connectivity index (χ4v) is 4.77. The van der Waals surface area contributed by atoms with Crippen molar-refractivity contribution in [3.8, 4) is 0 Å². The molecule has 0 saturated carbocycles. The molecule has 2 aliphatic heterocycles. The largest absolute Gasteiger partial charge is 0.477 e. The van der Waals surface area contributed by atoms with Crippen LogP contribution in [-0.4, -0.2) is 52.9 Å². The van der Waals surface area contributed by atoms with Crippen LogP contribution in [0.4, 0.5) is 0 Å². The van der Waals surface area contributed by atoms with Gasteiger partial charge in [0.25, 0.3) is 0 Å². The van der Waals surface area contributed by atoms with E-state index in [1.165, 1.54) is 16.7 Å². The molecular weight excluding hydrogens is 356 g/mol. The number of hydrogen-bond acceptors (Lipinski definition) is 5. The van der Waals surface area contributed by atoms with Gasteiger partial charge in [-0.2, -0.15) is 4.57 Å². The van der Waals surface area contributed by atoms with E-state index in [2.05, 4.69) is 4.57 Å². The Kier molecular flexibility index (Phi) is 5.64. The van der Waals surface area contributed by atoms with E-state index in [0.717, 1.165) is 12.2 Å². The number of aliphatic carboxylic acids is 1. The molecule has 2 aliphatic rings. The molecule has 1 amide bonds. The van der Waals surface area contributed by atoms with Crippen molar-refractivity contribution in [2.75, 3.05) is 13.7 Å². The standard InChI is InChI=1S/C18H22N2O5S/c1-11(21)15-13-9-14(16(18(23)24)20(13)17(15)22)26-10-12-5-3-4-6-19(12)7-8-25-2/h3-6,11,13,15,21H,7-10H2,1-2H3/p+1/t11-,13?,15?/m1/s1. The third-order valence-corrected chi connectivity index (χ3v) is 6.00. The molecule has 2 N–H and O–H groups in total. The fourth-order valence-electron chi connectivity index (χ4n) is 3.57. The van der Waals surface area contributed by atoms with Crippen LogP contribution in [0.1, 0.15) is 19.0 Å². The second-order valence-electron chi connectivity index (χ2n) is 6.49. The van der Waals surface area contributed by atoms with Gasteiger partial charge in [-0.1, -0.05) is 6.07 Å². The van der Waals surface area contributed by atoms with E-state index < -0.39 is 18.0 Å². The first kappa shape index (κ1) is 18.9. The average molecular weight is 379 g/mol. The fraction of sp³-hybridized carbons (Fsp3) is 0.500. The lowest BCUT2D eigenvalue weighted by molar-refractivity contribution is -0.704. The number of aromatic nitrogens is 1. The van der Waals surface area contributed by atoms with Crippen LogP contribution in [0.15, 0.2) is 35.0 Å². The van der Waals surface area contributed by atoms with Crippen LogP contribution < -0.4 is 4.57 Å². The normalized spacial score (nSPS) is 23.0. The highest BCUT2D eigenvalue weighted by atomic mass is 32.2. The van der Waals surface area contributed by atoms with Crippen LogP contribution in [0.3, 0.4) is 0 Å². The monoisotopic (exact) mass is 379 g/mol. The zero-order valence-corrected chi connectivity index (χ0v) is 15.6. The number of nitrogens with zero attached hydrogens (tertiary/aromatic N) is 2. The summed E-state index contributed by atoms with van der Waals surface area (Å²) in [5.74, 6) is -1.29. The van der Waals surface area contributed by atoms with Crippen LogP contribution in [0, 0.1) is 5.92 Å². The van der Waals surface area contributed by atoms with Crippen LogP contribution in [0.2, 0.25) is 0 Å². The number of thioether (sulfide) groups is 1. The molecule has 0 aliphatic carbocycles. The van der Waals surface area contributed by atoms with Gasteiger partial charge >= 0.3 is 5.97 Å². The highest BCUT2D eigenvalue weighted by molar-refractivity contribution is 8.02. The predicted octanol–water partition coefficient (Wildman–Crippen LogP) is 0.761. The smallest absolute Gasteiger partial charge is 0.353 e. The summed E-state index contributed by atoms with van der Waals surface area (Å²) in [5.41, 5.74) is 1.13. The van der Waals surface area contributed by atoms with E-state index in [9.17, 15) is 19.8 Å². The van der Waals surface area contributed by atoms with Crippen molar-refractivity contribution in [1.82, 2.24) is 4.90 Å². The minimum absolute atomic E-state index is 0.0706. The van der Waals surface area contributed by atoms with Gasteiger partial charge in [0.15, 0.2) is 18.4 Å². The number of carbonyl (C=O) groups excluding carboxylic acids is 1. The predicted molar refractivity (Wildman–Crippen MR) is 94.9 cm³/mol. The number of aliphatic hydroxyl groups excluding tert-OH is 1. The zero-order chi connectivity index (χ0) is 18.8. The first-order chi connectivity index (χ1) is 12.5. The summed E-state index contributed by atoms with van der Waals surface area (Å²) in [6, 6.07) is 5.64. The second kappa shape index (κ2) is 7.77. The van der Waals surface area contributed by atoms with Crippen LogP contribution in [-0.2, 0) is 26.6 Å². The van der Waals surface area contributed by atoms with E-state index >= 15 is 0 Å². The third kappa shape index (κ3) is 3.36. The molecule has 1 aromatic rings. The molecule has 0 aromatic carbocycles. The van der Waals surface area contributed by atoms with Gasteiger partial charge in [0, 0.05) is 30.6 Å². The number of amides is 1. The van der Waals surface area contributed by atoms with Gasteiger partial charge in [-0.05, 0) is 6.92 Å². The van der Waals surface area contributed by atoms with Gasteiger partial charge in [-0.25, -0.2) is 4.79 Å².